The topological polar surface area (TPSA) is 86.6 Å². The van der Waals surface area contributed by atoms with E-state index >= 15 is 0 Å². The van der Waals surface area contributed by atoms with E-state index in [0.29, 0.717) is 16.7 Å². The van der Waals surface area contributed by atoms with Crippen LogP contribution in [0.25, 0.3) is 22.3 Å². The maximum Gasteiger partial charge on any atom is 0.416 e. The largest absolute Gasteiger partial charge is 0.507 e. The molecule has 0 unspecified atom stereocenters. The lowest BCUT2D eigenvalue weighted by Crippen LogP contribution is -2.42. The molecule has 0 aromatic heterocycles. The van der Waals surface area contributed by atoms with Crippen molar-refractivity contribution in [3.8, 4) is 28.0 Å². The molecule has 0 fully saturated rings. The SMILES string of the molecule is O=C(N[C@@H](Cc1ccc(-c2ccccc2)cc1)C(=O)O)c1cc(-c2ccc(C(F)(F)F)cc2)ccc1O. The Labute approximate surface area is 210 Å². The van der Waals surface area contributed by atoms with E-state index in [9.17, 15) is 33.0 Å². The van der Waals surface area contributed by atoms with Gasteiger partial charge in [-0.25, -0.2) is 4.79 Å². The van der Waals surface area contributed by atoms with Crippen LogP contribution in [0.3, 0.4) is 0 Å². The average Bonchev–Trinajstić information content (AvgIpc) is 2.89. The van der Waals surface area contributed by atoms with Gasteiger partial charge in [-0.3, -0.25) is 4.79 Å². The molecule has 0 bridgehead atoms. The Morgan fingerprint density at radius 1 is 0.757 bits per heavy atom. The number of amides is 1. The third-order valence-corrected chi connectivity index (χ3v) is 5.89. The number of carboxylic acid groups (broad SMARTS) is 1. The number of hydrogen-bond acceptors (Lipinski definition) is 3. The lowest BCUT2D eigenvalue weighted by atomic mass is 9.99. The highest BCUT2D eigenvalue weighted by atomic mass is 19.4. The minimum absolute atomic E-state index is 0.00942. The van der Waals surface area contributed by atoms with Crippen LogP contribution >= 0.6 is 0 Å². The van der Waals surface area contributed by atoms with Gasteiger partial charge in [0.1, 0.15) is 11.8 Å². The average molecular weight is 505 g/mol. The minimum Gasteiger partial charge on any atom is -0.507 e. The number of carbonyl (C=O) groups is 2. The van der Waals surface area contributed by atoms with Crippen molar-refractivity contribution in [1.29, 1.82) is 0 Å². The Morgan fingerprint density at radius 3 is 1.89 bits per heavy atom. The van der Waals surface area contributed by atoms with Crippen molar-refractivity contribution in [2.75, 3.05) is 0 Å². The van der Waals surface area contributed by atoms with E-state index in [0.717, 1.165) is 23.3 Å². The standard InChI is InChI=1S/C29H22F3NO4/c30-29(31,32)23-13-10-21(11-14-23)22-12-15-26(34)24(17-22)27(35)33-25(28(36)37)16-18-6-8-20(9-7-18)19-4-2-1-3-5-19/h1-15,17,25,34H,16H2,(H,33,35)(H,36,37)/t25-/m0/s1. The number of phenols is 1. The van der Waals surface area contributed by atoms with Crippen LogP contribution < -0.4 is 5.32 Å². The molecule has 4 rings (SSSR count). The molecule has 0 saturated heterocycles. The molecule has 3 N–H and O–H groups in total. The first-order valence-corrected chi connectivity index (χ1v) is 11.3. The third-order valence-electron chi connectivity index (χ3n) is 5.89. The van der Waals surface area contributed by atoms with Gasteiger partial charge in [-0.1, -0.05) is 72.8 Å². The van der Waals surface area contributed by atoms with Gasteiger partial charge in [-0.05, 0) is 52.1 Å². The Balaban J connectivity index is 1.50. The second kappa shape index (κ2) is 10.6. The van der Waals surface area contributed by atoms with E-state index in [4.69, 9.17) is 0 Å². The molecule has 8 heteroatoms. The van der Waals surface area contributed by atoms with Crippen LogP contribution in [0.2, 0.25) is 0 Å². The fraction of sp³-hybridized carbons (Fsp3) is 0.103. The molecule has 0 spiro atoms. The molecular formula is C29H22F3NO4. The number of hydrogen-bond donors (Lipinski definition) is 3. The summed E-state index contributed by atoms with van der Waals surface area (Å²) < 4.78 is 38.6. The van der Waals surface area contributed by atoms with Crippen LogP contribution in [0.1, 0.15) is 21.5 Å². The highest BCUT2D eigenvalue weighted by Crippen LogP contribution is 2.32. The van der Waals surface area contributed by atoms with E-state index in [1.807, 2.05) is 42.5 Å². The number of aliphatic carboxylic acids is 1. The van der Waals surface area contributed by atoms with Crippen molar-refractivity contribution in [2.45, 2.75) is 18.6 Å². The number of halogens is 3. The number of rotatable bonds is 7. The maximum atomic E-state index is 12.9. The molecule has 1 amide bonds. The highest BCUT2D eigenvalue weighted by molar-refractivity contribution is 6.00. The number of carbonyl (C=O) groups excluding carboxylic acids is 1. The van der Waals surface area contributed by atoms with Crippen molar-refractivity contribution < 1.29 is 33.0 Å². The van der Waals surface area contributed by atoms with Crippen molar-refractivity contribution >= 4 is 11.9 Å². The molecule has 0 aliphatic rings. The number of benzene rings is 4. The van der Waals surface area contributed by atoms with Crippen molar-refractivity contribution in [3.63, 3.8) is 0 Å². The van der Waals surface area contributed by atoms with Crippen LogP contribution in [-0.4, -0.2) is 28.1 Å². The van der Waals surface area contributed by atoms with E-state index in [1.165, 1.54) is 30.3 Å². The second-order valence-corrected chi connectivity index (χ2v) is 8.44. The maximum absolute atomic E-state index is 12.9. The molecule has 0 radical (unpaired) electrons. The van der Waals surface area contributed by atoms with Gasteiger partial charge in [0.2, 0.25) is 0 Å². The van der Waals surface area contributed by atoms with Crippen molar-refractivity contribution in [1.82, 2.24) is 5.32 Å². The third kappa shape index (κ3) is 6.16. The van der Waals surface area contributed by atoms with Gasteiger partial charge in [0, 0.05) is 6.42 Å². The van der Waals surface area contributed by atoms with Gasteiger partial charge < -0.3 is 15.5 Å². The van der Waals surface area contributed by atoms with Crippen molar-refractivity contribution in [2.24, 2.45) is 0 Å². The quantitative estimate of drug-likeness (QED) is 0.280. The number of nitrogens with one attached hydrogen (secondary N) is 1. The zero-order chi connectivity index (χ0) is 26.6. The normalized spacial score (nSPS) is 12.1. The molecule has 4 aromatic carbocycles. The summed E-state index contributed by atoms with van der Waals surface area (Å²) in [7, 11) is 0. The molecule has 188 valence electrons. The van der Waals surface area contributed by atoms with Gasteiger partial charge in [0.25, 0.3) is 5.91 Å². The van der Waals surface area contributed by atoms with Crippen LogP contribution in [0.4, 0.5) is 13.2 Å². The van der Waals surface area contributed by atoms with E-state index in [1.54, 1.807) is 12.1 Å². The fourth-order valence-corrected chi connectivity index (χ4v) is 3.88. The summed E-state index contributed by atoms with van der Waals surface area (Å²) >= 11 is 0. The molecule has 37 heavy (non-hydrogen) atoms. The van der Waals surface area contributed by atoms with Crippen LogP contribution in [0.5, 0.6) is 5.75 Å². The number of aromatic hydroxyl groups is 1. The first-order valence-electron chi connectivity index (χ1n) is 11.3. The molecule has 1 atom stereocenters. The Bertz CT molecular complexity index is 1400. The lowest BCUT2D eigenvalue weighted by Gasteiger charge is -2.16. The molecule has 0 aliphatic carbocycles. The number of phenolic OH excluding ortho intramolecular Hbond substituents is 1. The summed E-state index contributed by atoms with van der Waals surface area (Å²) in [6.45, 7) is 0. The second-order valence-electron chi connectivity index (χ2n) is 8.44. The summed E-state index contributed by atoms with van der Waals surface area (Å²) in [5, 5.41) is 22.3. The monoisotopic (exact) mass is 505 g/mol. The predicted molar refractivity (Wildman–Crippen MR) is 133 cm³/mol. The highest BCUT2D eigenvalue weighted by Gasteiger charge is 2.30. The van der Waals surface area contributed by atoms with Crippen LogP contribution in [0, 0.1) is 0 Å². The summed E-state index contributed by atoms with van der Waals surface area (Å²) in [5.74, 6) is -2.46. The summed E-state index contributed by atoms with van der Waals surface area (Å²) in [4.78, 5) is 24.8. The zero-order valence-corrected chi connectivity index (χ0v) is 19.4. The first kappa shape index (κ1) is 25.5. The molecular weight excluding hydrogens is 483 g/mol. The van der Waals surface area contributed by atoms with Gasteiger partial charge in [-0.15, -0.1) is 0 Å². The lowest BCUT2D eigenvalue weighted by molar-refractivity contribution is -0.139. The van der Waals surface area contributed by atoms with Crippen LogP contribution in [0.15, 0.2) is 97.1 Å². The van der Waals surface area contributed by atoms with E-state index in [-0.39, 0.29) is 17.7 Å². The minimum atomic E-state index is -4.48. The molecule has 4 aromatic rings. The summed E-state index contributed by atoms with van der Waals surface area (Å²) in [6, 6.07) is 24.1. The van der Waals surface area contributed by atoms with Gasteiger partial charge in [0.15, 0.2) is 0 Å². The fourth-order valence-electron chi connectivity index (χ4n) is 3.88. The molecule has 5 nitrogen and oxygen atoms in total. The smallest absolute Gasteiger partial charge is 0.416 e. The van der Waals surface area contributed by atoms with Gasteiger partial charge in [-0.2, -0.15) is 13.2 Å². The van der Waals surface area contributed by atoms with Crippen molar-refractivity contribution in [3.05, 3.63) is 114 Å². The zero-order valence-electron chi connectivity index (χ0n) is 19.4. The van der Waals surface area contributed by atoms with E-state index in [2.05, 4.69) is 5.32 Å². The molecule has 0 heterocycles. The van der Waals surface area contributed by atoms with Gasteiger partial charge >= 0.3 is 12.1 Å². The first-order chi connectivity index (χ1) is 17.6. The Kier molecular flexibility index (Phi) is 7.29. The summed E-state index contributed by atoms with van der Waals surface area (Å²) in [5.41, 5.74) is 2.45. The predicted octanol–water partition coefficient (Wildman–Crippen LogP) is 6.17. The number of alkyl halides is 3. The van der Waals surface area contributed by atoms with E-state index < -0.39 is 29.7 Å². The van der Waals surface area contributed by atoms with Gasteiger partial charge in [0.05, 0.1) is 11.1 Å². The summed E-state index contributed by atoms with van der Waals surface area (Å²) in [6.07, 6.45) is -4.47. The Morgan fingerprint density at radius 2 is 1.30 bits per heavy atom. The molecule has 0 saturated carbocycles. The number of carboxylic acids is 1. The molecule has 0 aliphatic heterocycles. The Hall–Kier alpha value is -4.59. The van der Waals surface area contributed by atoms with Crippen LogP contribution in [-0.2, 0) is 17.4 Å².